The molecule has 0 aliphatic heterocycles. The Morgan fingerprint density at radius 3 is 1.88 bits per heavy atom. The first kappa shape index (κ1) is 18.8. The van der Waals surface area contributed by atoms with E-state index < -0.39 is 10.1 Å². The van der Waals surface area contributed by atoms with Gasteiger partial charge < -0.3 is 1.43 Å². The van der Waals surface area contributed by atoms with Crippen LogP contribution in [-0.2, 0) is 14.5 Å². The van der Waals surface area contributed by atoms with Gasteiger partial charge in [0.25, 0.3) is 10.1 Å². The van der Waals surface area contributed by atoms with Gasteiger partial charge in [-0.3, -0.25) is 0 Å². The maximum atomic E-state index is 11.4. The summed E-state index contributed by atoms with van der Waals surface area (Å²) in [5.41, 5.74) is 0. The third-order valence-electron chi connectivity index (χ3n) is 2.34. The zero-order chi connectivity index (χ0) is 11.6. The van der Waals surface area contributed by atoms with Gasteiger partial charge in [-0.05, 0) is 10.9 Å². The van der Waals surface area contributed by atoms with Gasteiger partial charge in [0.2, 0.25) is 0 Å². The van der Waals surface area contributed by atoms with E-state index in [9.17, 15) is 12.9 Å². The van der Waals surface area contributed by atoms with Crippen LogP contribution in [0.3, 0.4) is 0 Å². The Bertz CT molecular complexity index is 238. The normalized spacial score (nSPS) is 11.1. The van der Waals surface area contributed by atoms with Crippen molar-refractivity contribution in [2.24, 2.45) is 0 Å². The second-order valence-corrected chi connectivity index (χ2v) is 5.45. The Hall–Kier alpha value is 0.437. The van der Waals surface area contributed by atoms with Crippen LogP contribution in [0.4, 0.5) is 4.53 Å². The fourth-order valence-electron chi connectivity index (χ4n) is 1.44. The summed E-state index contributed by atoms with van der Waals surface area (Å²) in [6.07, 6.45) is 8.43. The number of rotatable bonds is 10. The quantitative estimate of drug-likeness (QED) is 0.417. The van der Waals surface area contributed by atoms with Crippen molar-refractivity contribution in [1.82, 2.24) is 0 Å². The molecule has 0 aromatic rings. The Kier molecular flexibility index (Phi) is 14.0. The minimum Gasteiger partial charge on any atom is -1.00 e. The van der Waals surface area contributed by atoms with Crippen molar-refractivity contribution in [3.63, 3.8) is 0 Å². The molecule has 0 heterocycles. The smallest absolute Gasteiger partial charge is 1.00 e. The van der Waals surface area contributed by atoms with Gasteiger partial charge in [0, 0.05) is 0 Å². The molecule has 0 unspecified atom stereocenters. The maximum Gasteiger partial charge on any atom is 1.00 e. The monoisotopic (exact) mass is 248 g/mol. The number of unbranched alkanes of at least 4 members (excludes halogenated alkanes) is 7. The van der Waals surface area contributed by atoms with Crippen molar-refractivity contribution < 1.29 is 37.6 Å². The fraction of sp³-hybridized carbons (Fsp3) is 1.00. The Balaban J connectivity index is -0.000000980. The predicted octanol–water partition coefficient (Wildman–Crippen LogP) is 0.475. The topological polar surface area (TPSA) is 43.4 Å². The molecule has 0 amide bonds. The van der Waals surface area contributed by atoms with Crippen LogP contribution in [-0.4, -0.2) is 14.2 Å². The number of hydrogen-bond acceptors (Lipinski definition) is 3. The van der Waals surface area contributed by atoms with Crippen LogP contribution in [0.25, 0.3) is 0 Å². The molecule has 6 heteroatoms. The molecule has 0 aromatic carbocycles. The maximum absolute atomic E-state index is 11.4. The van der Waals surface area contributed by atoms with Crippen LogP contribution >= 0.6 is 0 Å². The molecule has 94 valence electrons. The zero-order valence-electron chi connectivity index (χ0n) is 11.4. The van der Waals surface area contributed by atoms with Gasteiger partial charge in [0.1, 0.15) is 0 Å². The van der Waals surface area contributed by atoms with Crippen molar-refractivity contribution in [3.05, 3.63) is 0 Å². The molecule has 0 aliphatic carbocycles. The second kappa shape index (κ2) is 11.9. The summed E-state index contributed by atoms with van der Waals surface area (Å²) in [7, 11) is -3.89. The van der Waals surface area contributed by atoms with Crippen LogP contribution in [0.2, 0.25) is 0 Å². The van der Waals surface area contributed by atoms with Crippen LogP contribution in [0.15, 0.2) is 0 Å². The van der Waals surface area contributed by atoms with Crippen molar-refractivity contribution in [3.8, 4) is 0 Å². The van der Waals surface area contributed by atoms with Crippen LogP contribution < -0.4 is 18.9 Å². The van der Waals surface area contributed by atoms with E-state index in [2.05, 4.69) is 11.3 Å². The van der Waals surface area contributed by atoms with E-state index in [1.54, 1.807) is 0 Å². The molecule has 0 saturated carbocycles. The van der Waals surface area contributed by atoms with E-state index in [-0.39, 0.29) is 26.0 Å². The molecular formula is C10H22FLiO3S. The van der Waals surface area contributed by atoms with Gasteiger partial charge in [-0.15, -0.1) is 0 Å². The summed E-state index contributed by atoms with van der Waals surface area (Å²) in [5, 5.41) is 0. The fourth-order valence-corrected chi connectivity index (χ4v) is 2.06. The molecule has 3 nitrogen and oxygen atoms in total. The molecule has 0 radical (unpaired) electrons. The van der Waals surface area contributed by atoms with Gasteiger partial charge in [-0.1, -0.05) is 56.3 Å². The summed E-state index contributed by atoms with van der Waals surface area (Å²) >= 11 is 0. The third kappa shape index (κ3) is 12.5. The summed E-state index contributed by atoms with van der Waals surface area (Å²) < 4.78 is 35.4. The first-order chi connectivity index (χ1) is 7.12. The molecule has 0 spiro atoms. The van der Waals surface area contributed by atoms with Crippen molar-refractivity contribution in [2.45, 2.75) is 58.3 Å². The van der Waals surface area contributed by atoms with Crippen LogP contribution in [0.5, 0.6) is 0 Å². The molecule has 0 rings (SSSR count). The first-order valence-electron chi connectivity index (χ1n) is 5.65. The van der Waals surface area contributed by atoms with Crippen molar-refractivity contribution in [1.29, 1.82) is 0 Å². The van der Waals surface area contributed by atoms with Gasteiger partial charge in [-0.2, -0.15) is 8.42 Å². The minimum absolute atomic E-state index is 0. The van der Waals surface area contributed by atoms with E-state index in [4.69, 9.17) is 0 Å². The molecular weight excluding hydrogens is 226 g/mol. The first-order valence-corrected chi connectivity index (χ1v) is 7.23. The van der Waals surface area contributed by atoms with Gasteiger partial charge in [-0.25, -0.2) is 0 Å². The Morgan fingerprint density at radius 2 is 1.44 bits per heavy atom. The van der Waals surface area contributed by atoms with Crippen molar-refractivity contribution in [2.75, 3.05) is 5.75 Å². The standard InChI is InChI=1S/C10H21FO3S.Li.H/c1-2-3-4-5-6-7-8-9-10-15(12,13)14-11;;/h2-10H2,1H3;;/q;+1;-1. The van der Waals surface area contributed by atoms with Crippen LogP contribution in [0, 0.1) is 0 Å². The van der Waals surface area contributed by atoms with E-state index in [0.29, 0.717) is 6.42 Å². The largest absolute Gasteiger partial charge is 1.00 e. The SMILES string of the molecule is CCCCCCCCCCS(=O)(=O)OF.[H-].[Li+]. The van der Waals surface area contributed by atoms with Crippen molar-refractivity contribution >= 4 is 10.1 Å². The Morgan fingerprint density at radius 1 is 1.00 bits per heavy atom. The van der Waals surface area contributed by atoms with E-state index in [1.165, 1.54) is 25.7 Å². The summed E-state index contributed by atoms with van der Waals surface area (Å²) in [6.45, 7) is 2.17. The number of halogens is 1. The van der Waals surface area contributed by atoms with E-state index in [1.807, 2.05) is 0 Å². The summed E-state index contributed by atoms with van der Waals surface area (Å²) in [6, 6.07) is 0. The molecule has 0 bridgehead atoms. The predicted molar refractivity (Wildman–Crippen MR) is 59.7 cm³/mol. The van der Waals surface area contributed by atoms with Gasteiger partial charge >= 0.3 is 18.9 Å². The summed E-state index contributed by atoms with van der Waals surface area (Å²) in [4.78, 5) is 0. The Labute approximate surface area is 112 Å². The molecule has 16 heavy (non-hydrogen) atoms. The van der Waals surface area contributed by atoms with E-state index in [0.717, 1.165) is 19.3 Å². The van der Waals surface area contributed by atoms with E-state index >= 15 is 0 Å². The molecule has 0 atom stereocenters. The molecule has 0 N–H and O–H groups in total. The minimum atomic E-state index is -3.89. The van der Waals surface area contributed by atoms with Gasteiger partial charge in [0.05, 0.1) is 5.75 Å². The molecule has 0 aromatic heterocycles. The van der Waals surface area contributed by atoms with Gasteiger partial charge in [0.15, 0.2) is 0 Å². The average molecular weight is 248 g/mol. The number of hydrogen-bond donors (Lipinski definition) is 0. The average Bonchev–Trinajstić information content (AvgIpc) is 2.22. The third-order valence-corrected chi connectivity index (χ3v) is 3.32. The molecule has 0 saturated heterocycles. The summed E-state index contributed by atoms with van der Waals surface area (Å²) in [5.74, 6) is -0.210. The molecule has 0 aliphatic rings. The zero-order valence-corrected chi connectivity index (χ0v) is 11.2. The second-order valence-electron chi connectivity index (χ2n) is 3.80. The van der Waals surface area contributed by atoms with Crippen LogP contribution in [0.1, 0.15) is 59.7 Å². The molecule has 0 fully saturated rings.